The van der Waals surface area contributed by atoms with Crippen LogP contribution in [0.5, 0.6) is 0 Å². The molecule has 1 N–H and O–H groups in total. The van der Waals surface area contributed by atoms with Crippen molar-refractivity contribution in [1.29, 1.82) is 0 Å². The van der Waals surface area contributed by atoms with E-state index in [2.05, 4.69) is 39.3 Å². The van der Waals surface area contributed by atoms with Gasteiger partial charge in [0.1, 0.15) is 5.82 Å². The highest BCUT2D eigenvalue weighted by atomic mass is 32.2. The largest absolute Gasteiger partial charge is 0.278 e. The minimum Gasteiger partial charge on any atom is -0.278 e. The molecule has 0 bridgehead atoms. The fourth-order valence-corrected chi connectivity index (χ4v) is 5.76. The van der Waals surface area contributed by atoms with Crippen LogP contribution in [0, 0.1) is 40.4 Å². The van der Waals surface area contributed by atoms with E-state index in [9.17, 15) is 12.8 Å². The molecule has 0 saturated carbocycles. The summed E-state index contributed by atoms with van der Waals surface area (Å²) in [4.78, 5) is 0.873. The highest BCUT2D eigenvalue weighted by Crippen LogP contribution is 2.35. The van der Waals surface area contributed by atoms with Gasteiger partial charge in [0.15, 0.2) is 0 Å². The Hall–Kier alpha value is -2.31. The van der Waals surface area contributed by atoms with E-state index in [1.165, 1.54) is 45.5 Å². The topological polar surface area (TPSA) is 46.2 Å². The van der Waals surface area contributed by atoms with Crippen LogP contribution in [-0.2, 0) is 15.8 Å². The van der Waals surface area contributed by atoms with Gasteiger partial charge >= 0.3 is 0 Å². The molecule has 3 nitrogen and oxygen atoms in total. The first-order valence-corrected chi connectivity index (χ1v) is 12.1. The summed E-state index contributed by atoms with van der Waals surface area (Å²) in [5, 5.41) is 0. The van der Waals surface area contributed by atoms with E-state index in [4.69, 9.17) is 0 Å². The molecule has 3 aromatic rings. The number of nitrogens with one attached hydrogen (secondary N) is 1. The molecule has 158 valence electrons. The first-order valence-electron chi connectivity index (χ1n) is 9.68. The summed E-state index contributed by atoms with van der Waals surface area (Å²) in [6.45, 7) is 10.7. The van der Waals surface area contributed by atoms with Gasteiger partial charge in [-0.25, -0.2) is 12.8 Å². The lowest BCUT2D eigenvalue weighted by Gasteiger charge is -2.19. The minimum atomic E-state index is -3.80. The molecule has 6 heteroatoms. The molecular weight excluding hydrogens is 417 g/mol. The van der Waals surface area contributed by atoms with Gasteiger partial charge in [-0.3, -0.25) is 4.72 Å². The van der Waals surface area contributed by atoms with Crippen molar-refractivity contribution < 1.29 is 12.8 Å². The molecule has 0 aromatic heterocycles. The second-order valence-corrected chi connectivity index (χ2v) is 10.1. The van der Waals surface area contributed by atoms with E-state index in [1.54, 1.807) is 23.9 Å². The first-order chi connectivity index (χ1) is 14.1. The second-order valence-electron chi connectivity index (χ2n) is 7.45. The Morgan fingerprint density at radius 3 is 1.93 bits per heavy atom. The van der Waals surface area contributed by atoms with Gasteiger partial charge < -0.3 is 0 Å². The van der Waals surface area contributed by atoms with Gasteiger partial charge in [0.05, 0.1) is 10.6 Å². The summed E-state index contributed by atoms with van der Waals surface area (Å²) < 4.78 is 41.3. The molecule has 0 unspecified atom stereocenters. The number of hydrogen-bond acceptors (Lipinski definition) is 3. The van der Waals surface area contributed by atoms with Crippen molar-refractivity contribution in [3.8, 4) is 0 Å². The molecule has 30 heavy (non-hydrogen) atoms. The van der Waals surface area contributed by atoms with E-state index in [0.717, 1.165) is 22.8 Å². The highest BCUT2D eigenvalue weighted by molar-refractivity contribution is 7.98. The molecule has 0 aliphatic carbocycles. The number of thioether (sulfide) groups is 1. The normalized spacial score (nSPS) is 11.5. The molecule has 3 rings (SSSR count). The highest BCUT2D eigenvalue weighted by Gasteiger charge is 2.17. The van der Waals surface area contributed by atoms with Gasteiger partial charge in [0.25, 0.3) is 10.0 Å². The Labute approximate surface area is 182 Å². The van der Waals surface area contributed by atoms with Gasteiger partial charge in [-0.05, 0) is 104 Å². The van der Waals surface area contributed by atoms with E-state index in [0.29, 0.717) is 5.69 Å². The Morgan fingerprint density at radius 1 is 0.800 bits per heavy atom. The van der Waals surface area contributed by atoms with E-state index in [1.807, 2.05) is 12.1 Å². The van der Waals surface area contributed by atoms with Crippen LogP contribution in [-0.4, -0.2) is 8.42 Å². The maximum atomic E-state index is 13.2. The molecule has 0 aliphatic rings. The number of rotatable bonds is 6. The van der Waals surface area contributed by atoms with E-state index >= 15 is 0 Å². The molecule has 3 aromatic carbocycles. The van der Waals surface area contributed by atoms with Crippen LogP contribution in [0.25, 0.3) is 0 Å². The summed E-state index contributed by atoms with van der Waals surface area (Å²) in [5.41, 5.74) is 8.31. The molecule has 0 heterocycles. The fourth-order valence-electron chi connectivity index (χ4n) is 3.44. The third kappa shape index (κ3) is 4.55. The van der Waals surface area contributed by atoms with Crippen LogP contribution in [0.2, 0.25) is 0 Å². The van der Waals surface area contributed by atoms with Crippen LogP contribution in [0.1, 0.15) is 33.4 Å². The lowest BCUT2D eigenvalue weighted by atomic mass is 9.90. The summed E-state index contributed by atoms with van der Waals surface area (Å²) in [7, 11) is -3.80. The third-order valence-electron chi connectivity index (χ3n) is 5.78. The summed E-state index contributed by atoms with van der Waals surface area (Å²) in [6, 6.07) is 12.1. The van der Waals surface area contributed by atoms with Crippen molar-refractivity contribution in [2.75, 3.05) is 4.72 Å². The minimum absolute atomic E-state index is 0.0279. The molecule has 0 aliphatic heterocycles. The molecule has 0 fully saturated rings. The second kappa shape index (κ2) is 8.82. The summed E-state index contributed by atoms with van der Waals surface area (Å²) in [6.07, 6.45) is 0. The standard InChI is InChI=1S/C24H26FNO2S2/c1-15-16(2)18(4)22(19(5)17(15)3)14-29-24-9-7-6-8-23(24)26-30(27,28)21-12-10-20(25)11-13-21/h6-13,26H,14H2,1-5H3. The van der Waals surface area contributed by atoms with E-state index in [-0.39, 0.29) is 4.90 Å². The summed E-state index contributed by atoms with van der Waals surface area (Å²) >= 11 is 1.60. The van der Waals surface area contributed by atoms with Crippen molar-refractivity contribution >= 4 is 27.5 Å². The van der Waals surface area contributed by atoms with Gasteiger partial charge in [0.2, 0.25) is 0 Å². The van der Waals surface area contributed by atoms with Crippen molar-refractivity contribution in [3.05, 3.63) is 87.7 Å². The lowest BCUT2D eigenvalue weighted by Crippen LogP contribution is -2.13. The zero-order valence-electron chi connectivity index (χ0n) is 17.8. The number of hydrogen-bond donors (Lipinski definition) is 1. The Bertz CT molecular complexity index is 1160. The lowest BCUT2D eigenvalue weighted by molar-refractivity contribution is 0.599. The maximum Gasteiger partial charge on any atom is 0.261 e. The van der Waals surface area contributed by atoms with Gasteiger partial charge in [0, 0.05) is 10.6 Å². The van der Waals surface area contributed by atoms with Crippen LogP contribution in [0.3, 0.4) is 0 Å². The molecule has 0 spiro atoms. The van der Waals surface area contributed by atoms with Gasteiger partial charge in [-0.15, -0.1) is 11.8 Å². The number of anilines is 1. The van der Waals surface area contributed by atoms with Gasteiger partial charge in [-0.2, -0.15) is 0 Å². The number of para-hydroxylation sites is 1. The monoisotopic (exact) mass is 443 g/mol. The van der Waals surface area contributed by atoms with Crippen molar-refractivity contribution in [3.63, 3.8) is 0 Å². The number of sulfonamides is 1. The zero-order chi connectivity index (χ0) is 22.1. The average molecular weight is 444 g/mol. The molecule has 0 saturated heterocycles. The predicted molar refractivity (Wildman–Crippen MR) is 123 cm³/mol. The SMILES string of the molecule is Cc1c(C)c(C)c(CSc2ccccc2NS(=O)(=O)c2ccc(F)cc2)c(C)c1C. The van der Waals surface area contributed by atoms with Gasteiger partial charge in [-0.1, -0.05) is 12.1 Å². The van der Waals surface area contributed by atoms with Crippen LogP contribution >= 0.6 is 11.8 Å². The Kier molecular flexibility index (Phi) is 6.58. The van der Waals surface area contributed by atoms with Crippen LogP contribution < -0.4 is 4.72 Å². The van der Waals surface area contributed by atoms with Crippen LogP contribution in [0.4, 0.5) is 10.1 Å². The quantitative estimate of drug-likeness (QED) is 0.445. The molecular formula is C24H26FNO2S2. The Balaban J connectivity index is 1.88. The smallest absolute Gasteiger partial charge is 0.261 e. The zero-order valence-corrected chi connectivity index (χ0v) is 19.5. The average Bonchev–Trinajstić information content (AvgIpc) is 2.72. The third-order valence-corrected chi connectivity index (χ3v) is 8.26. The number of benzene rings is 3. The van der Waals surface area contributed by atoms with Crippen molar-refractivity contribution in [1.82, 2.24) is 0 Å². The fraction of sp³-hybridized carbons (Fsp3) is 0.250. The molecule has 0 atom stereocenters. The summed E-state index contributed by atoms with van der Waals surface area (Å²) in [5.74, 6) is 0.272. The van der Waals surface area contributed by atoms with Crippen LogP contribution in [0.15, 0.2) is 58.3 Å². The van der Waals surface area contributed by atoms with Crippen molar-refractivity contribution in [2.24, 2.45) is 0 Å². The first kappa shape index (κ1) is 22.4. The maximum absolute atomic E-state index is 13.2. The number of halogens is 1. The van der Waals surface area contributed by atoms with Crippen molar-refractivity contribution in [2.45, 2.75) is 50.2 Å². The predicted octanol–water partition coefficient (Wildman–Crippen LogP) is 6.46. The molecule has 0 amide bonds. The molecule has 0 radical (unpaired) electrons. The Morgan fingerprint density at radius 2 is 1.33 bits per heavy atom. The van der Waals surface area contributed by atoms with E-state index < -0.39 is 15.8 Å².